The first-order valence-corrected chi connectivity index (χ1v) is 6.65. The highest BCUT2D eigenvalue weighted by Gasteiger charge is 2.07. The van der Waals surface area contributed by atoms with Crippen molar-refractivity contribution in [3.63, 3.8) is 0 Å². The van der Waals surface area contributed by atoms with Crippen molar-refractivity contribution in [1.82, 2.24) is 9.55 Å². The molecule has 2 rings (SSSR count). The van der Waals surface area contributed by atoms with Gasteiger partial charge in [0.15, 0.2) is 0 Å². The maximum Gasteiger partial charge on any atom is 0.124 e. The Labute approximate surface area is 114 Å². The molecule has 1 aromatic heterocycles. The summed E-state index contributed by atoms with van der Waals surface area (Å²) < 4.78 is 7.72. The van der Waals surface area contributed by atoms with Crippen LogP contribution in [-0.2, 0) is 13.0 Å². The first-order chi connectivity index (χ1) is 9.19. The second-order valence-corrected chi connectivity index (χ2v) is 4.79. The van der Waals surface area contributed by atoms with Gasteiger partial charge in [-0.05, 0) is 31.9 Å². The van der Waals surface area contributed by atoms with Crippen LogP contribution in [0.1, 0.15) is 25.0 Å². The van der Waals surface area contributed by atoms with Crippen LogP contribution in [0.5, 0.6) is 5.75 Å². The van der Waals surface area contributed by atoms with Gasteiger partial charge in [-0.15, -0.1) is 0 Å². The van der Waals surface area contributed by atoms with E-state index in [-0.39, 0.29) is 6.04 Å². The molecule has 2 N–H and O–H groups in total. The lowest BCUT2D eigenvalue weighted by molar-refractivity contribution is 0.335. The molecule has 0 aliphatic heterocycles. The van der Waals surface area contributed by atoms with E-state index >= 15 is 0 Å². The van der Waals surface area contributed by atoms with Crippen LogP contribution in [0, 0.1) is 0 Å². The molecule has 102 valence electrons. The van der Waals surface area contributed by atoms with Gasteiger partial charge in [0.25, 0.3) is 0 Å². The van der Waals surface area contributed by atoms with E-state index in [1.807, 2.05) is 37.0 Å². The summed E-state index contributed by atoms with van der Waals surface area (Å²) in [5, 5.41) is 0. The Kier molecular flexibility index (Phi) is 4.58. The van der Waals surface area contributed by atoms with Crippen molar-refractivity contribution in [2.45, 2.75) is 32.9 Å². The molecule has 0 spiro atoms. The van der Waals surface area contributed by atoms with Crippen LogP contribution in [0.4, 0.5) is 0 Å². The highest BCUT2D eigenvalue weighted by molar-refractivity contribution is 5.38. The van der Waals surface area contributed by atoms with E-state index in [0.29, 0.717) is 6.61 Å². The Balaban J connectivity index is 2.24. The van der Waals surface area contributed by atoms with E-state index in [9.17, 15) is 0 Å². The fourth-order valence-corrected chi connectivity index (χ4v) is 2.13. The highest BCUT2D eigenvalue weighted by Crippen LogP contribution is 2.22. The van der Waals surface area contributed by atoms with Gasteiger partial charge in [0, 0.05) is 24.0 Å². The first kappa shape index (κ1) is 13.6. The maximum atomic E-state index is 5.86. The highest BCUT2D eigenvalue weighted by atomic mass is 16.5. The Morgan fingerprint density at radius 3 is 2.89 bits per heavy atom. The number of hydrogen-bond donors (Lipinski definition) is 1. The molecule has 0 aliphatic carbocycles. The normalized spacial score (nSPS) is 12.4. The van der Waals surface area contributed by atoms with E-state index < -0.39 is 0 Å². The number of imidazole rings is 1. The van der Waals surface area contributed by atoms with Crippen molar-refractivity contribution >= 4 is 0 Å². The SMILES string of the molecule is CCOc1ccc(CC(C)N)cc1Cn1ccnc1. The molecule has 1 heterocycles. The van der Waals surface area contributed by atoms with Gasteiger partial charge in [-0.1, -0.05) is 12.1 Å². The molecule has 0 saturated heterocycles. The second-order valence-electron chi connectivity index (χ2n) is 4.79. The van der Waals surface area contributed by atoms with Gasteiger partial charge in [0.05, 0.1) is 19.5 Å². The van der Waals surface area contributed by atoms with Crippen molar-refractivity contribution < 1.29 is 4.74 Å². The molecule has 4 heteroatoms. The quantitative estimate of drug-likeness (QED) is 0.865. The average molecular weight is 259 g/mol. The van der Waals surface area contributed by atoms with Gasteiger partial charge in [0.1, 0.15) is 5.75 Å². The summed E-state index contributed by atoms with van der Waals surface area (Å²) in [5.74, 6) is 0.935. The molecule has 0 radical (unpaired) electrons. The first-order valence-electron chi connectivity index (χ1n) is 6.65. The van der Waals surface area contributed by atoms with E-state index in [1.165, 1.54) is 5.56 Å². The number of hydrogen-bond acceptors (Lipinski definition) is 3. The molecule has 0 amide bonds. The third kappa shape index (κ3) is 3.83. The summed E-state index contributed by atoms with van der Waals surface area (Å²) in [6, 6.07) is 6.46. The van der Waals surface area contributed by atoms with E-state index in [2.05, 4.69) is 17.1 Å². The maximum absolute atomic E-state index is 5.86. The zero-order valence-corrected chi connectivity index (χ0v) is 11.5. The van der Waals surface area contributed by atoms with Crippen molar-refractivity contribution in [3.8, 4) is 5.75 Å². The summed E-state index contributed by atoms with van der Waals surface area (Å²) in [6.07, 6.45) is 6.43. The largest absolute Gasteiger partial charge is 0.494 e. The minimum Gasteiger partial charge on any atom is -0.494 e. The molecule has 19 heavy (non-hydrogen) atoms. The number of benzene rings is 1. The Hall–Kier alpha value is -1.81. The zero-order valence-electron chi connectivity index (χ0n) is 11.5. The molecule has 1 unspecified atom stereocenters. The monoisotopic (exact) mass is 259 g/mol. The Morgan fingerprint density at radius 1 is 1.42 bits per heavy atom. The predicted octanol–water partition coefficient (Wildman–Crippen LogP) is 2.22. The average Bonchev–Trinajstić information content (AvgIpc) is 2.85. The van der Waals surface area contributed by atoms with Crippen LogP contribution in [0.2, 0.25) is 0 Å². The Morgan fingerprint density at radius 2 is 2.26 bits per heavy atom. The number of aromatic nitrogens is 2. The molecule has 1 aromatic carbocycles. The van der Waals surface area contributed by atoms with Crippen LogP contribution in [0.25, 0.3) is 0 Å². The van der Waals surface area contributed by atoms with Gasteiger partial charge in [0.2, 0.25) is 0 Å². The van der Waals surface area contributed by atoms with E-state index in [0.717, 1.165) is 24.3 Å². The molecule has 0 saturated carbocycles. The Bertz CT molecular complexity index is 506. The van der Waals surface area contributed by atoms with E-state index in [4.69, 9.17) is 10.5 Å². The van der Waals surface area contributed by atoms with Crippen molar-refractivity contribution in [3.05, 3.63) is 48.0 Å². The fraction of sp³-hybridized carbons (Fsp3) is 0.400. The van der Waals surface area contributed by atoms with Crippen LogP contribution in [0.15, 0.2) is 36.9 Å². The van der Waals surface area contributed by atoms with E-state index in [1.54, 1.807) is 6.20 Å². The van der Waals surface area contributed by atoms with Crippen LogP contribution >= 0.6 is 0 Å². The number of nitrogens with zero attached hydrogens (tertiary/aromatic N) is 2. The molecule has 4 nitrogen and oxygen atoms in total. The minimum atomic E-state index is 0.166. The smallest absolute Gasteiger partial charge is 0.124 e. The summed E-state index contributed by atoms with van der Waals surface area (Å²) in [5.41, 5.74) is 8.27. The van der Waals surface area contributed by atoms with Crippen molar-refractivity contribution in [2.24, 2.45) is 5.73 Å². The number of rotatable bonds is 6. The standard InChI is InChI=1S/C15H21N3O/c1-3-19-15-5-4-13(8-12(2)16)9-14(15)10-18-7-6-17-11-18/h4-7,9,11-12H,3,8,10,16H2,1-2H3. The zero-order chi connectivity index (χ0) is 13.7. The van der Waals surface area contributed by atoms with Gasteiger partial charge in [-0.25, -0.2) is 4.98 Å². The van der Waals surface area contributed by atoms with Crippen LogP contribution in [-0.4, -0.2) is 22.2 Å². The van der Waals surface area contributed by atoms with Gasteiger partial charge in [-0.2, -0.15) is 0 Å². The van der Waals surface area contributed by atoms with Crippen molar-refractivity contribution in [1.29, 1.82) is 0 Å². The number of ether oxygens (including phenoxy) is 1. The third-order valence-electron chi connectivity index (χ3n) is 2.89. The molecule has 1 atom stereocenters. The van der Waals surface area contributed by atoms with Gasteiger partial charge < -0.3 is 15.0 Å². The summed E-state index contributed by atoms with van der Waals surface area (Å²) in [6.45, 7) is 5.45. The molecule has 0 fully saturated rings. The lowest BCUT2D eigenvalue weighted by Gasteiger charge is -2.13. The molecule has 0 aliphatic rings. The number of nitrogens with two attached hydrogens (primary N) is 1. The summed E-state index contributed by atoms with van der Waals surface area (Å²) in [7, 11) is 0. The van der Waals surface area contributed by atoms with Crippen molar-refractivity contribution in [2.75, 3.05) is 6.61 Å². The predicted molar refractivity (Wildman–Crippen MR) is 76.3 cm³/mol. The lowest BCUT2D eigenvalue weighted by Crippen LogP contribution is -2.18. The van der Waals surface area contributed by atoms with Crippen LogP contribution in [0.3, 0.4) is 0 Å². The second kappa shape index (κ2) is 6.38. The molecule has 0 bridgehead atoms. The van der Waals surface area contributed by atoms with Crippen LogP contribution < -0.4 is 10.5 Å². The third-order valence-corrected chi connectivity index (χ3v) is 2.89. The molecular weight excluding hydrogens is 238 g/mol. The topological polar surface area (TPSA) is 53.1 Å². The summed E-state index contributed by atoms with van der Waals surface area (Å²) >= 11 is 0. The fourth-order valence-electron chi connectivity index (χ4n) is 2.13. The molecular formula is C15H21N3O. The molecule has 2 aromatic rings. The van der Waals surface area contributed by atoms with Gasteiger partial charge >= 0.3 is 0 Å². The minimum absolute atomic E-state index is 0.166. The van der Waals surface area contributed by atoms with Gasteiger partial charge in [-0.3, -0.25) is 0 Å². The lowest BCUT2D eigenvalue weighted by atomic mass is 10.0. The summed E-state index contributed by atoms with van der Waals surface area (Å²) in [4.78, 5) is 4.07.